The van der Waals surface area contributed by atoms with Crippen LogP contribution in [0.1, 0.15) is 32.1 Å². The summed E-state index contributed by atoms with van der Waals surface area (Å²) in [5, 5.41) is 8.76. The molecule has 0 spiro atoms. The number of nitrogens with zero attached hydrogens (tertiary/aromatic N) is 4. The molecule has 0 aliphatic rings. The van der Waals surface area contributed by atoms with E-state index in [1.165, 1.54) is 4.70 Å². The predicted molar refractivity (Wildman–Crippen MR) is 130 cm³/mol. The van der Waals surface area contributed by atoms with Crippen molar-refractivity contribution in [2.24, 2.45) is 0 Å². The summed E-state index contributed by atoms with van der Waals surface area (Å²) in [7, 11) is 0. The van der Waals surface area contributed by atoms with Crippen molar-refractivity contribution in [3.05, 3.63) is 59.4 Å². The first-order valence-electron chi connectivity index (χ1n) is 10.5. The number of carbonyl (C=O) groups is 1. The van der Waals surface area contributed by atoms with Crippen molar-refractivity contribution in [1.82, 2.24) is 20.1 Å². The molecule has 2 heterocycles. The largest absolute Gasteiger partial charge is 0.419 e. The Morgan fingerprint density at radius 1 is 1.16 bits per heavy atom. The number of fused-ring (bicyclic) bond motifs is 1. The Labute approximate surface area is 200 Å². The van der Waals surface area contributed by atoms with E-state index in [0.29, 0.717) is 41.9 Å². The minimum atomic E-state index is 0.0919. The highest BCUT2D eigenvalue weighted by atomic mass is 35.5. The quantitative estimate of drug-likeness (QED) is 0.193. The van der Waals surface area contributed by atoms with Crippen molar-refractivity contribution >= 4 is 50.8 Å². The van der Waals surface area contributed by atoms with Gasteiger partial charge in [-0.1, -0.05) is 54.6 Å². The van der Waals surface area contributed by atoms with Crippen LogP contribution in [0.3, 0.4) is 0 Å². The highest BCUT2D eigenvalue weighted by Gasteiger charge is 2.18. The van der Waals surface area contributed by atoms with Gasteiger partial charge in [-0.15, -0.1) is 21.5 Å². The van der Waals surface area contributed by atoms with Gasteiger partial charge in [0, 0.05) is 18.7 Å². The first-order chi connectivity index (χ1) is 15.6. The van der Waals surface area contributed by atoms with E-state index in [-0.39, 0.29) is 5.91 Å². The first-order valence-corrected chi connectivity index (χ1v) is 12.7. The van der Waals surface area contributed by atoms with Crippen LogP contribution in [-0.2, 0) is 11.3 Å². The average Bonchev–Trinajstić information content (AvgIpc) is 3.43. The number of hydrogen-bond donors (Lipinski definition) is 0. The van der Waals surface area contributed by atoms with E-state index in [2.05, 4.69) is 21.2 Å². The number of amides is 1. The topological polar surface area (TPSA) is 72.1 Å². The van der Waals surface area contributed by atoms with Crippen molar-refractivity contribution in [2.45, 2.75) is 37.1 Å². The zero-order valence-corrected chi connectivity index (χ0v) is 20.1. The maximum Gasteiger partial charge on any atom is 0.249 e. The first kappa shape index (κ1) is 22.8. The summed E-state index contributed by atoms with van der Waals surface area (Å²) >= 11 is 9.61. The van der Waals surface area contributed by atoms with E-state index < -0.39 is 0 Å². The van der Waals surface area contributed by atoms with Gasteiger partial charge in [0.15, 0.2) is 4.34 Å². The van der Waals surface area contributed by atoms with Crippen LogP contribution >= 0.6 is 34.7 Å². The fraction of sp³-hybridized carbons (Fsp3) is 0.304. The Morgan fingerprint density at radius 2 is 1.97 bits per heavy atom. The van der Waals surface area contributed by atoms with Crippen molar-refractivity contribution in [1.29, 1.82) is 0 Å². The molecule has 0 aliphatic carbocycles. The predicted octanol–water partition coefficient (Wildman–Crippen LogP) is 6.31. The smallest absolute Gasteiger partial charge is 0.249 e. The van der Waals surface area contributed by atoms with E-state index in [4.69, 9.17) is 16.0 Å². The van der Waals surface area contributed by atoms with Crippen LogP contribution in [0.15, 0.2) is 57.3 Å². The highest BCUT2D eigenvalue weighted by Crippen LogP contribution is 2.30. The van der Waals surface area contributed by atoms with Gasteiger partial charge in [-0.3, -0.25) is 4.79 Å². The molecule has 9 heteroatoms. The van der Waals surface area contributed by atoms with Crippen LogP contribution in [0.4, 0.5) is 0 Å². The minimum Gasteiger partial charge on any atom is -0.419 e. The van der Waals surface area contributed by atoms with Gasteiger partial charge < -0.3 is 9.32 Å². The van der Waals surface area contributed by atoms with Crippen LogP contribution < -0.4 is 0 Å². The van der Waals surface area contributed by atoms with E-state index >= 15 is 0 Å². The molecule has 0 N–H and O–H groups in total. The second-order valence-electron chi connectivity index (χ2n) is 7.20. The third-order valence-electron chi connectivity index (χ3n) is 4.78. The van der Waals surface area contributed by atoms with Gasteiger partial charge in [-0.25, -0.2) is 4.98 Å². The lowest BCUT2D eigenvalue weighted by Gasteiger charge is -2.20. The molecule has 32 heavy (non-hydrogen) atoms. The SMILES string of the molecule is CCCN(Cc1nnc(-c2ccccc2Cl)o1)C(=O)CCCSc1nc2ccccc2s1. The van der Waals surface area contributed by atoms with Crippen LogP contribution in [0, 0.1) is 0 Å². The Hall–Kier alpha value is -2.42. The Kier molecular flexibility index (Phi) is 7.78. The second kappa shape index (κ2) is 10.9. The third-order valence-corrected chi connectivity index (χ3v) is 7.37. The summed E-state index contributed by atoms with van der Waals surface area (Å²) in [6, 6.07) is 15.5. The molecular formula is C23H23ClN4O2S2. The van der Waals surface area contributed by atoms with Crippen LogP contribution in [0.25, 0.3) is 21.7 Å². The molecule has 0 fully saturated rings. The standard InChI is InChI=1S/C23H23ClN4O2S2/c1-2-13-28(15-20-26-27-22(30-20)16-8-3-4-9-17(16)24)21(29)12-7-14-31-23-25-18-10-5-6-11-19(18)32-23/h3-6,8-11H,2,7,12-15H2,1H3. The third kappa shape index (κ3) is 5.68. The molecule has 0 atom stereocenters. The van der Waals surface area contributed by atoms with Gasteiger partial charge in [-0.2, -0.15) is 0 Å². The molecule has 4 rings (SSSR count). The number of aromatic nitrogens is 3. The summed E-state index contributed by atoms with van der Waals surface area (Å²) < 4.78 is 8.01. The van der Waals surface area contributed by atoms with Crippen molar-refractivity contribution < 1.29 is 9.21 Å². The van der Waals surface area contributed by atoms with E-state index in [9.17, 15) is 4.79 Å². The summed E-state index contributed by atoms with van der Waals surface area (Å²) in [4.78, 5) is 19.2. The Morgan fingerprint density at radius 3 is 2.78 bits per heavy atom. The van der Waals surface area contributed by atoms with Crippen molar-refractivity contribution in [3.63, 3.8) is 0 Å². The van der Waals surface area contributed by atoms with Gasteiger partial charge in [0.2, 0.25) is 17.7 Å². The summed E-state index contributed by atoms with van der Waals surface area (Å²) in [6.45, 7) is 3.00. The van der Waals surface area contributed by atoms with Gasteiger partial charge >= 0.3 is 0 Å². The van der Waals surface area contributed by atoms with Crippen LogP contribution in [0.2, 0.25) is 5.02 Å². The molecule has 0 unspecified atom stereocenters. The lowest BCUT2D eigenvalue weighted by molar-refractivity contribution is -0.132. The molecular weight excluding hydrogens is 464 g/mol. The fourth-order valence-corrected chi connectivity index (χ4v) is 5.53. The number of para-hydroxylation sites is 1. The average molecular weight is 487 g/mol. The minimum absolute atomic E-state index is 0.0919. The van der Waals surface area contributed by atoms with Gasteiger partial charge in [0.1, 0.15) is 0 Å². The molecule has 2 aromatic carbocycles. The molecule has 0 saturated heterocycles. The van der Waals surface area contributed by atoms with E-state index in [1.807, 2.05) is 43.3 Å². The number of rotatable bonds is 10. The maximum absolute atomic E-state index is 12.8. The molecule has 2 aromatic heterocycles. The second-order valence-corrected chi connectivity index (χ2v) is 9.98. The Balaban J connectivity index is 1.30. The van der Waals surface area contributed by atoms with E-state index in [0.717, 1.165) is 28.5 Å². The Bertz CT molecular complexity index is 1160. The number of benzene rings is 2. The van der Waals surface area contributed by atoms with E-state index in [1.54, 1.807) is 34.1 Å². The number of thiazole rings is 1. The molecule has 0 aliphatic heterocycles. The molecule has 166 valence electrons. The number of carbonyl (C=O) groups excluding carboxylic acids is 1. The normalized spacial score (nSPS) is 11.2. The lowest BCUT2D eigenvalue weighted by atomic mass is 10.2. The van der Waals surface area contributed by atoms with Crippen molar-refractivity contribution in [2.75, 3.05) is 12.3 Å². The maximum atomic E-state index is 12.8. The molecule has 6 nitrogen and oxygen atoms in total. The monoisotopic (exact) mass is 486 g/mol. The van der Waals surface area contributed by atoms with Crippen LogP contribution in [-0.4, -0.2) is 38.3 Å². The van der Waals surface area contributed by atoms with Crippen molar-refractivity contribution in [3.8, 4) is 11.5 Å². The van der Waals surface area contributed by atoms with Gasteiger partial charge in [0.25, 0.3) is 0 Å². The fourth-order valence-electron chi connectivity index (χ4n) is 3.24. The summed E-state index contributed by atoms with van der Waals surface area (Å²) in [6.07, 6.45) is 2.12. The summed E-state index contributed by atoms with van der Waals surface area (Å²) in [5.41, 5.74) is 1.72. The highest BCUT2D eigenvalue weighted by molar-refractivity contribution is 8.01. The van der Waals surface area contributed by atoms with Gasteiger partial charge in [0.05, 0.1) is 27.3 Å². The number of thioether (sulfide) groups is 1. The molecule has 0 saturated carbocycles. The zero-order valence-electron chi connectivity index (χ0n) is 17.7. The number of halogens is 1. The molecule has 4 aromatic rings. The molecule has 0 radical (unpaired) electrons. The summed E-state index contributed by atoms with van der Waals surface area (Å²) in [5.74, 6) is 1.71. The molecule has 0 bridgehead atoms. The van der Waals surface area contributed by atoms with Crippen LogP contribution in [0.5, 0.6) is 0 Å². The molecule has 1 amide bonds. The zero-order chi connectivity index (χ0) is 22.3. The number of hydrogen-bond acceptors (Lipinski definition) is 7. The van der Waals surface area contributed by atoms with Gasteiger partial charge in [-0.05, 0) is 37.1 Å². The lowest BCUT2D eigenvalue weighted by Crippen LogP contribution is -2.31.